The number of nitrogens with two attached hydrogens (primary N) is 1. The maximum atomic E-state index is 11.5. The average molecular weight is 188 g/mol. The van der Waals surface area contributed by atoms with Crippen LogP contribution in [0.2, 0.25) is 0 Å². The number of nitrogen functional groups attached to an aromatic ring is 1. The largest absolute Gasteiger partial charge is 0.398 e. The number of Topliss-reactive ketones (excluding diaryl/α,β-unsaturated/α-hetero) is 1. The summed E-state index contributed by atoms with van der Waals surface area (Å²) in [5, 5.41) is 8.59. The molecule has 1 aromatic rings. The molecule has 0 aliphatic carbocycles. The van der Waals surface area contributed by atoms with E-state index in [1.807, 2.05) is 6.07 Å². The number of anilines is 1. The summed E-state index contributed by atoms with van der Waals surface area (Å²) in [5.74, 6) is -0.00616. The van der Waals surface area contributed by atoms with Crippen molar-refractivity contribution < 1.29 is 4.79 Å². The van der Waals surface area contributed by atoms with Crippen LogP contribution in [0.3, 0.4) is 0 Å². The number of hydrogen-bond donors (Lipinski definition) is 1. The summed E-state index contributed by atoms with van der Waals surface area (Å²) >= 11 is 0. The zero-order valence-electron chi connectivity index (χ0n) is 8.08. The molecule has 3 nitrogen and oxygen atoms in total. The Hall–Kier alpha value is -1.82. The number of carbonyl (C=O) groups is 1. The molecule has 3 heteroatoms. The molecule has 0 saturated heterocycles. The number of carbonyl (C=O) groups excluding carboxylic acids is 1. The molecule has 1 aromatic carbocycles. The summed E-state index contributed by atoms with van der Waals surface area (Å²) in [4.78, 5) is 11.5. The maximum absolute atomic E-state index is 11.5. The second-order valence-electron chi connectivity index (χ2n) is 2.99. The standard InChI is InChI=1S/C11H12N2O/c1-2-10(14)11-8(6-7-12)4-3-5-9(11)13/h3-5H,2,6,13H2,1H3. The minimum Gasteiger partial charge on any atom is -0.398 e. The summed E-state index contributed by atoms with van der Waals surface area (Å²) < 4.78 is 0. The topological polar surface area (TPSA) is 66.9 Å². The molecule has 72 valence electrons. The molecule has 0 amide bonds. The third kappa shape index (κ3) is 1.91. The van der Waals surface area contributed by atoms with Crippen molar-refractivity contribution in [3.63, 3.8) is 0 Å². The first-order chi connectivity index (χ1) is 6.70. The molecule has 0 saturated carbocycles. The minimum atomic E-state index is -0.00616. The van der Waals surface area contributed by atoms with E-state index >= 15 is 0 Å². The first-order valence-corrected chi connectivity index (χ1v) is 4.48. The van der Waals surface area contributed by atoms with Gasteiger partial charge in [-0.25, -0.2) is 0 Å². The minimum absolute atomic E-state index is 0.00616. The molecule has 0 unspecified atom stereocenters. The van der Waals surface area contributed by atoms with Crippen molar-refractivity contribution in [2.45, 2.75) is 19.8 Å². The van der Waals surface area contributed by atoms with Crippen LogP contribution in [0.4, 0.5) is 5.69 Å². The third-order valence-electron chi connectivity index (χ3n) is 2.05. The SMILES string of the molecule is CCC(=O)c1c(N)cccc1CC#N. The van der Waals surface area contributed by atoms with E-state index in [4.69, 9.17) is 11.0 Å². The van der Waals surface area contributed by atoms with Gasteiger partial charge >= 0.3 is 0 Å². The van der Waals surface area contributed by atoms with Gasteiger partial charge in [-0.05, 0) is 11.6 Å². The lowest BCUT2D eigenvalue weighted by Crippen LogP contribution is -2.06. The molecular formula is C11H12N2O. The highest BCUT2D eigenvalue weighted by molar-refractivity contribution is 6.02. The molecule has 0 aromatic heterocycles. The van der Waals surface area contributed by atoms with Gasteiger partial charge in [-0.1, -0.05) is 19.1 Å². The summed E-state index contributed by atoms with van der Waals surface area (Å²) in [6, 6.07) is 7.23. The predicted octanol–water partition coefficient (Wildman–Crippen LogP) is 1.93. The number of benzene rings is 1. The van der Waals surface area contributed by atoms with E-state index in [0.29, 0.717) is 17.7 Å². The Kier molecular flexibility index (Phi) is 3.24. The van der Waals surface area contributed by atoms with Crippen LogP contribution in [0.5, 0.6) is 0 Å². The predicted molar refractivity (Wildman–Crippen MR) is 54.8 cm³/mol. The van der Waals surface area contributed by atoms with Crippen molar-refractivity contribution in [3.8, 4) is 6.07 Å². The fourth-order valence-electron chi connectivity index (χ4n) is 1.37. The Balaban J connectivity index is 3.23. The van der Waals surface area contributed by atoms with Crippen LogP contribution < -0.4 is 5.73 Å². The number of nitriles is 1. The van der Waals surface area contributed by atoms with E-state index in [2.05, 4.69) is 0 Å². The smallest absolute Gasteiger partial charge is 0.164 e. The van der Waals surface area contributed by atoms with Crippen molar-refractivity contribution in [2.75, 3.05) is 5.73 Å². The highest BCUT2D eigenvalue weighted by Gasteiger charge is 2.12. The van der Waals surface area contributed by atoms with Crippen molar-refractivity contribution in [2.24, 2.45) is 0 Å². The van der Waals surface area contributed by atoms with Crippen molar-refractivity contribution in [3.05, 3.63) is 29.3 Å². The van der Waals surface area contributed by atoms with Gasteiger partial charge in [-0.3, -0.25) is 4.79 Å². The van der Waals surface area contributed by atoms with Crippen LogP contribution in [0.1, 0.15) is 29.3 Å². The van der Waals surface area contributed by atoms with Gasteiger partial charge in [-0.15, -0.1) is 0 Å². The van der Waals surface area contributed by atoms with E-state index in [9.17, 15) is 4.79 Å². The van der Waals surface area contributed by atoms with Gasteiger partial charge in [0.1, 0.15) is 0 Å². The summed E-state index contributed by atoms with van der Waals surface area (Å²) in [6.07, 6.45) is 0.638. The quantitative estimate of drug-likeness (QED) is 0.582. The molecule has 1 rings (SSSR count). The molecule has 0 aliphatic heterocycles. The Morgan fingerprint density at radius 3 is 2.86 bits per heavy atom. The van der Waals surface area contributed by atoms with Gasteiger partial charge in [0.2, 0.25) is 0 Å². The number of nitrogens with zero attached hydrogens (tertiary/aromatic N) is 1. The van der Waals surface area contributed by atoms with Gasteiger partial charge in [0.25, 0.3) is 0 Å². The van der Waals surface area contributed by atoms with E-state index < -0.39 is 0 Å². The Labute approximate surface area is 83.2 Å². The molecule has 2 N–H and O–H groups in total. The van der Waals surface area contributed by atoms with Gasteiger partial charge < -0.3 is 5.73 Å². The Bertz CT molecular complexity index is 391. The van der Waals surface area contributed by atoms with Crippen LogP contribution in [0.15, 0.2) is 18.2 Å². The van der Waals surface area contributed by atoms with Crippen LogP contribution in [0.25, 0.3) is 0 Å². The normalized spacial score (nSPS) is 9.43. The lowest BCUT2D eigenvalue weighted by Gasteiger charge is -2.07. The zero-order valence-corrected chi connectivity index (χ0v) is 8.08. The van der Waals surface area contributed by atoms with E-state index in [0.717, 1.165) is 5.56 Å². The lowest BCUT2D eigenvalue weighted by molar-refractivity contribution is 0.0988. The highest BCUT2D eigenvalue weighted by Crippen LogP contribution is 2.19. The third-order valence-corrected chi connectivity index (χ3v) is 2.05. The van der Waals surface area contributed by atoms with Gasteiger partial charge in [0.05, 0.1) is 12.5 Å². The summed E-state index contributed by atoms with van der Waals surface area (Å²) in [5.41, 5.74) is 7.39. The van der Waals surface area contributed by atoms with Crippen molar-refractivity contribution in [1.29, 1.82) is 5.26 Å². The first kappa shape index (κ1) is 10.3. The van der Waals surface area contributed by atoms with E-state index in [1.54, 1.807) is 25.1 Å². The number of ketones is 1. The van der Waals surface area contributed by atoms with E-state index in [1.165, 1.54) is 0 Å². The van der Waals surface area contributed by atoms with E-state index in [-0.39, 0.29) is 12.2 Å². The second-order valence-corrected chi connectivity index (χ2v) is 2.99. The molecule has 14 heavy (non-hydrogen) atoms. The molecule has 0 aliphatic rings. The molecular weight excluding hydrogens is 176 g/mol. The summed E-state index contributed by atoms with van der Waals surface area (Å²) in [6.45, 7) is 1.78. The number of rotatable bonds is 3. The molecule has 0 radical (unpaired) electrons. The number of hydrogen-bond acceptors (Lipinski definition) is 3. The zero-order chi connectivity index (χ0) is 10.6. The first-order valence-electron chi connectivity index (χ1n) is 4.48. The lowest BCUT2D eigenvalue weighted by atomic mass is 9.98. The fraction of sp³-hybridized carbons (Fsp3) is 0.273. The molecule has 0 bridgehead atoms. The Morgan fingerprint density at radius 2 is 2.29 bits per heavy atom. The molecule has 0 atom stereocenters. The van der Waals surface area contributed by atoms with Crippen LogP contribution in [0, 0.1) is 11.3 Å². The van der Waals surface area contributed by atoms with Crippen LogP contribution >= 0.6 is 0 Å². The van der Waals surface area contributed by atoms with Crippen LogP contribution in [-0.2, 0) is 6.42 Å². The van der Waals surface area contributed by atoms with Crippen LogP contribution in [-0.4, -0.2) is 5.78 Å². The molecule has 0 fully saturated rings. The van der Waals surface area contributed by atoms with Gasteiger partial charge in [-0.2, -0.15) is 5.26 Å². The second kappa shape index (κ2) is 4.43. The monoisotopic (exact) mass is 188 g/mol. The van der Waals surface area contributed by atoms with Crippen molar-refractivity contribution >= 4 is 11.5 Å². The average Bonchev–Trinajstić information content (AvgIpc) is 2.18. The van der Waals surface area contributed by atoms with Gasteiger partial charge in [0, 0.05) is 17.7 Å². The highest BCUT2D eigenvalue weighted by atomic mass is 16.1. The maximum Gasteiger partial charge on any atom is 0.164 e. The molecule has 0 heterocycles. The Morgan fingerprint density at radius 1 is 1.57 bits per heavy atom. The summed E-state index contributed by atoms with van der Waals surface area (Å²) in [7, 11) is 0. The van der Waals surface area contributed by atoms with Gasteiger partial charge in [0.15, 0.2) is 5.78 Å². The molecule has 0 spiro atoms. The fourth-order valence-corrected chi connectivity index (χ4v) is 1.37. The van der Waals surface area contributed by atoms with Crippen molar-refractivity contribution in [1.82, 2.24) is 0 Å².